The lowest BCUT2D eigenvalue weighted by molar-refractivity contribution is 0.186. The average Bonchev–Trinajstić information content (AvgIpc) is 2.66. The topological polar surface area (TPSA) is 39.1 Å². The molecule has 0 radical (unpaired) electrons. The summed E-state index contributed by atoms with van der Waals surface area (Å²) in [6.45, 7) is 2.68. The SMILES string of the molecule is COCCn1c(C2CCCCCN2)nc2ccccc21. The van der Waals surface area contributed by atoms with Crippen molar-refractivity contribution in [2.75, 3.05) is 20.3 Å². The fourth-order valence-corrected chi connectivity index (χ4v) is 3.03. The Morgan fingerprint density at radius 2 is 2.20 bits per heavy atom. The summed E-state index contributed by atoms with van der Waals surface area (Å²) in [5.74, 6) is 1.17. The van der Waals surface area contributed by atoms with Crippen molar-refractivity contribution in [2.24, 2.45) is 0 Å². The quantitative estimate of drug-likeness (QED) is 0.931. The van der Waals surface area contributed by atoms with Gasteiger partial charge in [0.1, 0.15) is 5.82 Å². The number of rotatable bonds is 4. The highest BCUT2D eigenvalue weighted by atomic mass is 16.5. The van der Waals surface area contributed by atoms with Crippen molar-refractivity contribution in [3.63, 3.8) is 0 Å². The van der Waals surface area contributed by atoms with E-state index in [0.717, 1.165) is 25.2 Å². The maximum Gasteiger partial charge on any atom is 0.127 e. The number of benzene rings is 1. The number of methoxy groups -OCH3 is 1. The Morgan fingerprint density at radius 3 is 3.10 bits per heavy atom. The summed E-state index contributed by atoms with van der Waals surface area (Å²) >= 11 is 0. The van der Waals surface area contributed by atoms with E-state index in [1.165, 1.54) is 37.0 Å². The normalized spacial score (nSPS) is 20.1. The van der Waals surface area contributed by atoms with E-state index < -0.39 is 0 Å². The van der Waals surface area contributed by atoms with Crippen molar-refractivity contribution in [1.29, 1.82) is 0 Å². The third-order valence-corrected chi connectivity index (χ3v) is 4.08. The van der Waals surface area contributed by atoms with Crippen LogP contribution in [-0.4, -0.2) is 29.8 Å². The number of hydrogen-bond donors (Lipinski definition) is 1. The number of imidazole rings is 1. The van der Waals surface area contributed by atoms with E-state index in [9.17, 15) is 0 Å². The first kappa shape index (κ1) is 13.6. The molecule has 3 rings (SSSR count). The molecule has 0 amide bonds. The first-order chi connectivity index (χ1) is 9.90. The summed E-state index contributed by atoms with van der Waals surface area (Å²) in [6, 6.07) is 8.76. The number of hydrogen-bond acceptors (Lipinski definition) is 3. The van der Waals surface area contributed by atoms with E-state index in [1.54, 1.807) is 7.11 Å². The smallest absolute Gasteiger partial charge is 0.127 e. The highest BCUT2D eigenvalue weighted by Crippen LogP contribution is 2.26. The third kappa shape index (κ3) is 2.72. The first-order valence-corrected chi connectivity index (χ1v) is 7.57. The molecule has 0 bridgehead atoms. The van der Waals surface area contributed by atoms with E-state index in [0.29, 0.717) is 6.04 Å². The van der Waals surface area contributed by atoms with Crippen molar-refractivity contribution in [1.82, 2.24) is 14.9 Å². The molecule has 2 aromatic rings. The van der Waals surface area contributed by atoms with Crippen molar-refractivity contribution >= 4 is 11.0 Å². The van der Waals surface area contributed by atoms with Crippen LogP contribution >= 0.6 is 0 Å². The molecule has 1 aliphatic heterocycles. The largest absolute Gasteiger partial charge is 0.383 e. The Labute approximate surface area is 120 Å². The number of para-hydroxylation sites is 2. The molecule has 1 fully saturated rings. The van der Waals surface area contributed by atoms with E-state index in [2.05, 4.69) is 34.1 Å². The molecule has 1 aromatic heterocycles. The van der Waals surface area contributed by atoms with Gasteiger partial charge in [0.15, 0.2) is 0 Å². The molecule has 1 unspecified atom stereocenters. The van der Waals surface area contributed by atoms with E-state index in [1.807, 2.05) is 0 Å². The van der Waals surface area contributed by atoms with Crippen molar-refractivity contribution in [3.05, 3.63) is 30.1 Å². The van der Waals surface area contributed by atoms with Gasteiger partial charge in [0, 0.05) is 13.7 Å². The summed E-state index contributed by atoms with van der Waals surface area (Å²) in [5.41, 5.74) is 2.30. The number of fused-ring (bicyclic) bond motifs is 1. The Balaban J connectivity index is 1.98. The summed E-state index contributed by atoms with van der Waals surface area (Å²) in [6.07, 6.45) is 5.05. The van der Waals surface area contributed by atoms with Gasteiger partial charge in [-0.25, -0.2) is 4.98 Å². The second-order valence-corrected chi connectivity index (χ2v) is 5.46. The number of ether oxygens (including phenoxy) is 1. The number of aromatic nitrogens is 2. The highest BCUT2D eigenvalue weighted by molar-refractivity contribution is 5.76. The third-order valence-electron chi connectivity index (χ3n) is 4.08. The second-order valence-electron chi connectivity index (χ2n) is 5.46. The van der Waals surface area contributed by atoms with Crippen LogP contribution in [0.25, 0.3) is 11.0 Å². The molecule has 1 atom stereocenters. The molecule has 4 heteroatoms. The van der Waals surface area contributed by atoms with Crippen LogP contribution in [0.1, 0.15) is 37.5 Å². The molecule has 1 saturated heterocycles. The van der Waals surface area contributed by atoms with Crippen molar-refractivity contribution in [3.8, 4) is 0 Å². The molecule has 1 aromatic carbocycles. The summed E-state index contributed by atoms with van der Waals surface area (Å²) < 4.78 is 7.58. The molecule has 20 heavy (non-hydrogen) atoms. The summed E-state index contributed by atoms with van der Waals surface area (Å²) in [7, 11) is 1.75. The van der Waals surface area contributed by atoms with Gasteiger partial charge >= 0.3 is 0 Å². The van der Waals surface area contributed by atoms with Crippen LogP contribution in [-0.2, 0) is 11.3 Å². The van der Waals surface area contributed by atoms with Gasteiger partial charge in [0.25, 0.3) is 0 Å². The molecular formula is C16H23N3O. The molecule has 0 saturated carbocycles. The fourth-order valence-electron chi connectivity index (χ4n) is 3.03. The van der Waals surface area contributed by atoms with E-state index >= 15 is 0 Å². The number of nitrogens with one attached hydrogen (secondary N) is 1. The molecule has 0 spiro atoms. The van der Waals surface area contributed by atoms with E-state index in [4.69, 9.17) is 9.72 Å². The van der Waals surface area contributed by atoms with Crippen LogP contribution in [0.3, 0.4) is 0 Å². The summed E-state index contributed by atoms with van der Waals surface area (Å²) in [4.78, 5) is 4.88. The minimum absolute atomic E-state index is 0.377. The fraction of sp³-hybridized carbons (Fsp3) is 0.562. The molecule has 1 N–H and O–H groups in total. The molecule has 2 heterocycles. The van der Waals surface area contributed by atoms with Crippen LogP contribution in [0.4, 0.5) is 0 Å². The maximum atomic E-state index is 5.26. The van der Waals surface area contributed by atoms with Gasteiger partial charge in [-0.1, -0.05) is 25.0 Å². The number of nitrogens with zero attached hydrogens (tertiary/aromatic N) is 2. The van der Waals surface area contributed by atoms with Crippen LogP contribution in [0.2, 0.25) is 0 Å². The van der Waals surface area contributed by atoms with Gasteiger partial charge in [-0.3, -0.25) is 0 Å². The molecule has 4 nitrogen and oxygen atoms in total. The zero-order chi connectivity index (χ0) is 13.8. The van der Waals surface area contributed by atoms with Crippen LogP contribution in [0.15, 0.2) is 24.3 Å². The molecule has 0 aliphatic carbocycles. The minimum Gasteiger partial charge on any atom is -0.383 e. The van der Waals surface area contributed by atoms with Crippen LogP contribution < -0.4 is 5.32 Å². The molecule has 108 valence electrons. The van der Waals surface area contributed by atoms with Gasteiger partial charge in [0.05, 0.1) is 23.7 Å². The van der Waals surface area contributed by atoms with Crippen LogP contribution in [0, 0.1) is 0 Å². The standard InChI is InChI=1S/C16H23N3O/c1-20-12-11-19-15-9-5-4-7-13(15)18-16(19)14-8-3-2-6-10-17-14/h4-5,7,9,14,17H,2-3,6,8,10-12H2,1H3. The Bertz CT molecular complexity index is 556. The first-order valence-electron chi connectivity index (χ1n) is 7.57. The van der Waals surface area contributed by atoms with Gasteiger partial charge in [-0.15, -0.1) is 0 Å². The minimum atomic E-state index is 0.377. The van der Waals surface area contributed by atoms with Gasteiger partial charge < -0.3 is 14.6 Å². The lowest BCUT2D eigenvalue weighted by Crippen LogP contribution is -2.24. The monoisotopic (exact) mass is 273 g/mol. The zero-order valence-corrected chi connectivity index (χ0v) is 12.1. The van der Waals surface area contributed by atoms with Crippen LogP contribution in [0.5, 0.6) is 0 Å². The molecule has 1 aliphatic rings. The van der Waals surface area contributed by atoms with Gasteiger partial charge in [-0.05, 0) is 31.5 Å². The maximum absolute atomic E-state index is 5.26. The molecular weight excluding hydrogens is 250 g/mol. The summed E-state index contributed by atoms with van der Waals surface area (Å²) in [5, 5.41) is 3.65. The second kappa shape index (κ2) is 6.37. The lowest BCUT2D eigenvalue weighted by Gasteiger charge is -2.17. The zero-order valence-electron chi connectivity index (χ0n) is 12.1. The Morgan fingerprint density at radius 1 is 1.30 bits per heavy atom. The Hall–Kier alpha value is -1.39. The average molecular weight is 273 g/mol. The van der Waals surface area contributed by atoms with Crippen molar-refractivity contribution < 1.29 is 4.74 Å². The Kier molecular flexibility index (Phi) is 4.33. The van der Waals surface area contributed by atoms with E-state index in [-0.39, 0.29) is 0 Å². The predicted molar refractivity (Wildman–Crippen MR) is 80.8 cm³/mol. The lowest BCUT2D eigenvalue weighted by atomic mass is 10.1. The van der Waals surface area contributed by atoms with Gasteiger partial charge in [0.2, 0.25) is 0 Å². The van der Waals surface area contributed by atoms with Crippen molar-refractivity contribution in [2.45, 2.75) is 38.3 Å². The van der Waals surface area contributed by atoms with Gasteiger partial charge in [-0.2, -0.15) is 0 Å². The predicted octanol–water partition coefficient (Wildman–Crippen LogP) is 2.89. The highest BCUT2D eigenvalue weighted by Gasteiger charge is 2.20.